The lowest BCUT2D eigenvalue weighted by atomic mass is 10.2. The molecule has 1 saturated heterocycles. The highest BCUT2D eigenvalue weighted by molar-refractivity contribution is 4.84. The van der Waals surface area contributed by atoms with E-state index in [1.54, 1.807) is 7.11 Å². The van der Waals surface area contributed by atoms with Gasteiger partial charge in [-0.1, -0.05) is 0 Å². The van der Waals surface area contributed by atoms with E-state index in [1.807, 2.05) is 0 Å². The summed E-state index contributed by atoms with van der Waals surface area (Å²) in [5.41, 5.74) is 0. The number of nitrogens with zero attached hydrogens (tertiary/aromatic N) is 1. The van der Waals surface area contributed by atoms with E-state index in [2.05, 4.69) is 25.7 Å². The van der Waals surface area contributed by atoms with Gasteiger partial charge in [-0.2, -0.15) is 0 Å². The van der Waals surface area contributed by atoms with Gasteiger partial charge in [-0.05, 0) is 27.2 Å². The molecule has 0 amide bonds. The van der Waals surface area contributed by atoms with Crippen LogP contribution in [0.3, 0.4) is 0 Å². The van der Waals surface area contributed by atoms with E-state index in [0.29, 0.717) is 18.2 Å². The normalized spacial score (nSPS) is 33.5. The van der Waals surface area contributed by atoms with Crippen LogP contribution in [0.4, 0.5) is 0 Å². The third kappa shape index (κ3) is 1.94. The second-order valence-electron chi connectivity index (χ2n) is 3.73. The average Bonchev–Trinajstić information content (AvgIpc) is 2.30. The molecule has 1 aliphatic rings. The fourth-order valence-corrected chi connectivity index (χ4v) is 1.90. The summed E-state index contributed by atoms with van der Waals surface area (Å²) < 4.78 is 5.32. The van der Waals surface area contributed by atoms with Gasteiger partial charge < -0.3 is 4.74 Å². The Hall–Kier alpha value is -0.0800. The standard InChI is InChI=1S/C9H19NO/c1-7(2)10-6-9(11-4)5-8(10)3/h7-9H,5-6H2,1-4H3/t8?,9-/m1/s1. The SMILES string of the molecule is CO[C@@H]1CC(C)N(C(C)C)C1. The summed E-state index contributed by atoms with van der Waals surface area (Å²) in [6, 6.07) is 1.35. The van der Waals surface area contributed by atoms with Gasteiger partial charge in [0.1, 0.15) is 0 Å². The fourth-order valence-electron chi connectivity index (χ4n) is 1.90. The quantitative estimate of drug-likeness (QED) is 0.602. The topological polar surface area (TPSA) is 12.5 Å². The molecule has 1 heterocycles. The number of rotatable bonds is 2. The van der Waals surface area contributed by atoms with Crippen LogP contribution in [0, 0.1) is 0 Å². The molecule has 0 aromatic rings. The summed E-state index contributed by atoms with van der Waals surface area (Å²) in [5.74, 6) is 0. The summed E-state index contributed by atoms with van der Waals surface area (Å²) in [6.07, 6.45) is 1.65. The molecule has 1 aliphatic heterocycles. The Morgan fingerprint density at radius 2 is 2.09 bits per heavy atom. The Balaban J connectivity index is 2.45. The first-order valence-electron chi connectivity index (χ1n) is 4.43. The minimum Gasteiger partial charge on any atom is -0.380 e. The van der Waals surface area contributed by atoms with E-state index in [9.17, 15) is 0 Å². The van der Waals surface area contributed by atoms with Gasteiger partial charge in [-0.3, -0.25) is 4.90 Å². The zero-order valence-corrected chi connectivity index (χ0v) is 8.00. The van der Waals surface area contributed by atoms with E-state index in [1.165, 1.54) is 6.42 Å². The predicted molar refractivity (Wildman–Crippen MR) is 46.7 cm³/mol. The number of likely N-dealkylation sites (tertiary alicyclic amines) is 1. The van der Waals surface area contributed by atoms with Crippen molar-refractivity contribution < 1.29 is 4.74 Å². The van der Waals surface area contributed by atoms with Crippen molar-refractivity contribution in [3.63, 3.8) is 0 Å². The highest BCUT2D eigenvalue weighted by Gasteiger charge is 2.30. The molecule has 0 aromatic carbocycles. The molecule has 2 atom stereocenters. The Morgan fingerprint density at radius 3 is 2.36 bits per heavy atom. The van der Waals surface area contributed by atoms with Crippen LogP contribution >= 0.6 is 0 Å². The minimum absolute atomic E-state index is 0.465. The monoisotopic (exact) mass is 157 g/mol. The zero-order chi connectivity index (χ0) is 8.43. The number of methoxy groups -OCH3 is 1. The molecule has 1 fully saturated rings. The third-order valence-corrected chi connectivity index (χ3v) is 2.58. The molecule has 0 spiro atoms. The average molecular weight is 157 g/mol. The van der Waals surface area contributed by atoms with Crippen LogP contribution < -0.4 is 0 Å². The van der Waals surface area contributed by atoms with Crippen molar-refractivity contribution in [3.8, 4) is 0 Å². The molecule has 0 radical (unpaired) electrons. The zero-order valence-electron chi connectivity index (χ0n) is 8.00. The molecule has 0 N–H and O–H groups in total. The largest absolute Gasteiger partial charge is 0.380 e. The molecule has 0 saturated carbocycles. The summed E-state index contributed by atoms with van der Waals surface area (Å²) in [5, 5.41) is 0. The summed E-state index contributed by atoms with van der Waals surface area (Å²) in [6.45, 7) is 7.87. The van der Waals surface area contributed by atoms with Crippen molar-refractivity contribution in [3.05, 3.63) is 0 Å². The lowest BCUT2D eigenvalue weighted by Gasteiger charge is -2.24. The Labute approximate surface area is 69.5 Å². The van der Waals surface area contributed by atoms with Crippen LogP contribution in [0.2, 0.25) is 0 Å². The highest BCUT2D eigenvalue weighted by atomic mass is 16.5. The molecule has 2 heteroatoms. The van der Waals surface area contributed by atoms with Gasteiger partial charge in [0, 0.05) is 25.7 Å². The molecule has 66 valence electrons. The van der Waals surface area contributed by atoms with Gasteiger partial charge >= 0.3 is 0 Å². The summed E-state index contributed by atoms with van der Waals surface area (Å²) in [7, 11) is 1.81. The molecule has 1 rings (SSSR count). The smallest absolute Gasteiger partial charge is 0.0713 e. The van der Waals surface area contributed by atoms with Gasteiger partial charge in [-0.25, -0.2) is 0 Å². The maximum atomic E-state index is 5.32. The maximum Gasteiger partial charge on any atom is 0.0713 e. The predicted octanol–water partition coefficient (Wildman–Crippen LogP) is 1.50. The molecule has 2 nitrogen and oxygen atoms in total. The molecule has 0 aliphatic carbocycles. The highest BCUT2D eigenvalue weighted by Crippen LogP contribution is 2.21. The van der Waals surface area contributed by atoms with E-state index in [-0.39, 0.29) is 0 Å². The molecule has 11 heavy (non-hydrogen) atoms. The van der Waals surface area contributed by atoms with Gasteiger partial charge in [0.2, 0.25) is 0 Å². The van der Waals surface area contributed by atoms with E-state index in [4.69, 9.17) is 4.74 Å². The number of hydrogen-bond donors (Lipinski definition) is 0. The van der Waals surface area contributed by atoms with Crippen LogP contribution in [0.5, 0.6) is 0 Å². The molecular weight excluding hydrogens is 138 g/mol. The van der Waals surface area contributed by atoms with Crippen LogP contribution in [0.25, 0.3) is 0 Å². The van der Waals surface area contributed by atoms with Gasteiger partial charge in [0.15, 0.2) is 0 Å². The molecule has 1 unspecified atom stereocenters. The van der Waals surface area contributed by atoms with E-state index in [0.717, 1.165) is 6.54 Å². The second-order valence-corrected chi connectivity index (χ2v) is 3.73. The fraction of sp³-hybridized carbons (Fsp3) is 1.00. The Morgan fingerprint density at radius 1 is 1.45 bits per heavy atom. The lowest BCUT2D eigenvalue weighted by molar-refractivity contribution is 0.103. The first-order chi connectivity index (χ1) is 5.15. The Bertz CT molecular complexity index is 125. The van der Waals surface area contributed by atoms with E-state index < -0.39 is 0 Å². The van der Waals surface area contributed by atoms with Gasteiger partial charge in [-0.15, -0.1) is 0 Å². The number of ether oxygens (including phenoxy) is 1. The van der Waals surface area contributed by atoms with Crippen LogP contribution in [0.1, 0.15) is 27.2 Å². The minimum atomic E-state index is 0.465. The van der Waals surface area contributed by atoms with Crippen molar-refractivity contribution >= 4 is 0 Å². The first-order valence-corrected chi connectivity index (χ1v) is 4.43. The van der Waals surface area contributed by atoms with E-state index >= 15 is 0 Å². The first kappa shape index (κ1) is 9.01. The van der Waals surface area contributed by atoms with Gasteiger partial charge in [0.25, 0.3) is 0 Å². The van der Waals surface area contributed by atoms with Crippen LogP contribution in [-0.4, -0.2) is 36.7 Å². The maximum absolute atomic E-state index is 5.32. The lowest BCUT2D eigenvalue weighted by Crippen LogP contribution is -2.34. The van der Waals surface area contributed by atoms with Crippen molar-refractivity contribution in [1.82, 2.24) is 4.90 Å². The van der Waals surface area contributed by atoms with Crippen molar-refractivity contribution in [2.75, 3.05) is 13.7 Å². The van der Waals surface area contributed by atoms with Gasteiger partial charge in [0.05, 0.1) is 6.10 Å². The summed E-state index contributed by atoms with van der Waals surface area (Å²) >= 11 is 0. The second kappa shape index (κ2) is 3.55. The van der Waals surface area contributed by atoms with Crippen LogP contribution in [-0.2, 0) is 4.74 Å². The number of hydrogen-bond acceptors (Lipinski definition) is 2. The molecule has 0 bridgehead atoms. The molecule has 0 aromatic heterocycles. The van der Waals surface area contributed by atoms with Crippen molar-refractivity contribution in [2.24, 2.45) is 0 Å². The van der Waals surface area contributed by atoms with Crippen LogP contribution in [0.15, 0.2) is 0 Å². The Kier molecular flexibility index (Phi) is 2.90. The molecular formula is C9H19NO. The van der Waals surface area contributed by atoms with Crippen molar-refractivity contribution in [2.45, 2.75) is 45.4 Å². The third-order valence-electron chi connectivity index (χ3n) is 2.58. The summed E-state index contributed by atoms with van der Waals surface area (Å²) in [4.78, 5) is 2.49. The van der Waals surface area contributed by atoms with Crippen molar-refractivity contribution in [1.29, 1.82) is 0 Å².